The van der Waals surface area contributed by atoms with Gasteiger partial charge in [-0.3, -0.25) is 0 Å². The second kappa shape index (κ2) is 6.02. The van der Waals surface area contributed by atoms with Gasteiger partial charge in [-0.1, -0.05) is 0 Å². The molecule has 0 fully saturated rings. The Hall–Kier alpha value is -0.680. The summed E-state index contributed by atoms with van der Waals surface area (Å²) in [6.45, 7) is 5.70. The molecule has 1 aromatic heterocycles. The quantitative estimate of drug-likeness (QED) is 0.824. The highest BCUT2D eigenvalue weighted by atomic mass is 79.9. The lowest BCUT2D eigenvalue weighted by molar-refractivity contribution is 0.203. The second-order valence-corrected chi connectivity index (χ2v) is 4.40. The van der Waals surface area contributed by atoms with Gasteiger partial charge in [0.05, 0.1) is 11.1 Å². The Balaban J connectivity index is 2.74. The number of halogens is 1. The van der Waals surface area contributed by atoms with E-state index in [1.54, 1.807) is 19.5 Å². The number of anilines is 1. The lowest BCUT2D eigenvalue weighted by Crippen LogP contribution is -2.35. The largest absolute Gasteiger partial charge is 0.383 e. The molecule has 5 heteroatoms. The summed E-state index contributed by atoms with van der Waals surface area (Å²) in [4.78, 5) is 10.6. The van der Waals surface area contributed by atoms with Gasteiger partial charge in [0.2, 0.25) is 5.95 Å². The number of ether oxygens (including phenoxy) is 1. The topological polar surface area (TPSA) is 38.2 Å². The molecule has 0 N–H and O–H groups in total. The van der Waals surface area contributed by atoms with Crippen LogP contribution in [0.5, 0.6) is 0 Å². The standard InChI is InChI=1S/C10H16BrN3O/c1-8(2)14(4-5-15-3)10-12-6-9(11)7-13-10/h6-8H,4-5H2,1-3H3. The molecule has 0 aliphatic carbocycles. The highest BCUT2D eigenvalue weighted by Gasteiger charge is 2.12. The van der Waals surface area contributed by atoms with Crippen LogP contribution in [0.15, 0.2) is 16.9 Å². The van der Waals surface area contributed by atoms with Gasteiger partial charge in [-0.15, -0.1) is 0 Å². The van der Waals surface area contributed by atoms with Gasteiger partial charge < -0.3 is 9.64 Å². The van der Waals surface area contributed by atoms with Gasteiger partial charge in [-0.05, 0) is 29.8 Å². The molecule has 0 unspecified atom stereocenters. The molecule has 1 aromatic rings. The average Bonchev–Trinajstić information content (AvgIpc) is 2.21. The minimum atomic E-state index is 0.362. The van der Waals surface area contributed by atoms with Gasteiger partial charge in [-0.2, -0.15) is 0 Å². The molecule has 0 atom stereocenters. The maximum absolute atomic E-state index is 5.06. The molecule has 0 spiro atoms. The molecular formula is C10H16BrN3O. The SMILES string of the molecule is COCCN(c1ncc(Br)cn1)C(C)C. The third kappa shape index (κ3) is 3.76. The van der Waals surface area contributed by atoms with Crippen molar-refractivity contribution >= 4 is 21.9 Å². The smallest absolute Gasteiger partial charge is 0.225 e. The zero-order chi connectivity index (χ0) is 11.3. The zero-order valence-electron chi connectivity index (χ0n) is 9.27. The summed E-state index contributed by atoms with van der Waals surface area (Å²) < 4.78 is 5.95. The summed E-state index contributed by atoms with van der Waals surface area (Å²) in [5.74, 6) is 0.741. The maximum atomic E-state index is 5.06. The van der Waals surface area contributed by atoms with E-state index in [4.69, 9.17) is 4.74 Å². The summed E-state index contributed by atoms with van der Waals surface area (Å²) in [5, 5.41) is 0. The summed E-state index contributed by atoms with van der Waals surface area (Å²) >= 11 is 3.32. The van der Waals surface area contributed by atoms with Crippen molar-refractivity contribution in [3.63, 3.8) is 0 Å². The van der Waals surface area contributed by atoms with Crippen LogP contribution in [0.4, 0.5) is 5.95 Å². The Bertz CT molecular complexity index is 289. The molecule has 0 aliphatic heterocycles. The number of methoxy groups -OCH3 is 1. The van der Waals surface area contributed by atoms with E-state index in [1.165, 1.54) is 0 Å². The first-order chi connectivity index (χ1) is 7.15. The third-order valence-corrected chi connectivity index (χ3v) is 2.43. The van der Waals surface area contributed by atoms with Gasteiger partial charge >= 0.3 is 0 Å². The molecular weight excluding hydrogens is 258 g/mol. The first-order valence-electron chi connectivity index (χ1n) is 4.88. The molecule has 0 aliphatic rings. The van der Waals surface area contributed by atoms with E-state index in [-0.39, 0.29) is 0 Å². The average molecular weight is 274 g/mol. The number of hydrogen-bond donors (Lipinski definition) is 0. The molecule has 1 heterocycles. The Morgan fingerprint density at radius 1 is 1.40 bits per heavy atom. The summed E-state index contributed by atoms with van der Waals surface area (Å²) in [5.41, 5.74) is 0. The van der Waals surface area contributed by atoms with Crippen LogP contribution >= 0.6 is 15.9 Å². The van der Waals surface area contributed by atoms with Gasteiger partial charge in [0.25, 0.3) is 0 Å². The number of rotatable bonds is 5. The minimum Gasteiger partial charge on any atom is -0.383 e. The number of hydrogen-bond acceptors (Lipinski definition) is 4. The van der Waals surface area contributed by atoms with Crippen LogP contribution < -0.4 is 4.90 Å². The molecule has 1 rings (SSSR count). The first kappa shape index (κ1) is 12.4. The van der Waals surface area contributed by atoms with E-state index >= 15 is 0 Å². The summed E-state index contributed by atoms with van der Waals surface area (Å²) in [6, 6.07) is 0.362. The highest BCUT2D eigenvalue weighted by Crippen LogP contribution is 2.13. The lowest BCUT2D eigenvalue weighted by Gasteiger charge is -2.26. The highest BCUT2D eigenvalue weighted by molar-refractivity contribution is 9.10. The van der Waals surface area contributed by atoms with E-state index in [1.807, 2.05) is 0 Å². The van der Waals surface area contributed by atoms with Crippen molar-refractivity contribution in [1.82, 2.24) is 9.97 Å². The number of aromatic nitrogens is 2. The summed E-state index contributed by atoms with van der Waals surface area (Å²) in [6.07, 6.45) is 3.51. The molecule has 0 aromatic carbocycles. The van der Waals surface area contributed by atoms with Crippen LogP contribution in [0.1, 0.15) is 13.8 Å². The van der Waals surface area contributed by atoms with Crippen molar-refractivity contribution in [2.24, 2.45) is 0 Å². The van der Waals surface area contributed by atoms with Crippen LogP contribution in [-0.2, 0) is 4.74 Å². The van der Waals surface area contributed by atoms with E-state index in [2.05, 4.69) is 44.6 Å². The molecule has 84 valence electrons. The van der Waals surface area contributed by atoms with Gasteiger partial charge in [0.15, 0.2) is 0 Å². The van der Waals surface area contributed by atoms with Crippen molar-refractivity contribution < 1.29 is 4.74 Å². The van der Waals surface area contributed by atoms with Crippen LogP contribution in [-0.4, -0.2) is 36.3 Å². The Kier molecular flexibility index (Phi) is 4.98. The van der Waals surface area contributed by atoms with E-state index in [9.17, 15) is 0 Å². The molecule has 0 amide bonds. The fourth-order valence-corrected chi connectivity index (χ4v) is 1.44. The van der Waals surface area contributed by atoms with Crippen molar-refractivity contribution in [2.75, 3.05) is 25.2 Å². The molecule has 15 heavy (non-hydrogen) atoms. The minimum absolute atomic E-state index is 0.362. The Labute approximate surface area is 98.8 Å². The van der Waals surface area contributed by atoms with Crippen molar-refractivity contribution in [3.8, 4) is 0 Å². The lowest BCUT2D eigenvalue weighted by atomic mass is 10.3. The molecule has 0 radical (unpaired) electrons. The normalized spacial score (nSPS) is 10.7. The van der Waals surface area contributed by atoms with Crippen molar-refractivity contribution in [1.29, 1.82) is 0 Å². The Morgan fingerprint density at radius 2 is 2.00 bits per heavy atom. The van der Waals surface area contributed by atoms with Gasteiger partial charge in [0.1, 0.15) is 0 Å². The van der Waals surface area contributed by atoms with Crippen LogP contribution in [0.25, 0.3) is 0 Å². The zero-order valence-corrected chi connectivity index (χ0v) is 10.9. The predicted molar refractivity (Wildman–Crippen MR) is 64.1 cm³/mol. The maximum Gasteiger partial charge on any atom is 0.225 e. The number of nitrogens with zero attached hydrogens (tertiary/aromatic N) is 3. The second-order valence-electron chi connectivity index (χ2n) is 3.48. The molecule has 0 saturated carbocycles. The Morgan fingerprint density at radius 3 is 2.47 bits per heavy atom. The van der Waals surface area contributed by atoms with E-state index in [0.717, 1.165) is 17.0 Å². The van der Waals surface area contributed by atoms with Crippen LogP contribution in [0, 0.1) is 0 Å². The van der Waals surface area contributed by atoms with E-state index in [0.29, 0.717) is 12.6 Å². The molecule has 4 nitrogen and oxygen atoms in total. The third-order valence-electron chi connectivity index (χ3n) is 2.02. The predicted octanol–water partition coefficient (Wildman–Crippen LogP) is 2.10. The molecule has 0 bridgehead atoms. The van der Waals surface area contributed by atoms with Crippen LogP contribution in [0.2, 0.25) is 0 Å². The first-order valence-corrected chi connectivity index (χ1v) is 5.67. The van der Waals surface area contributed by atoms with E-state index < -0.39 is 0 Å². The van der Waals surface area contributed by atoms with Crippen molar-refractivity contribution in [2.45, 2.75) is 19.9 Å². The van der Waals surface area contributed by atoms with Crippen molar-refractivity contribution in [3.05, 3.63) is 16.9 Å². The summed E-state index contributed by atoms with van der Waals surface area (Å²) in [7, 11) is 1.70. The van der Waals surface area contributed by atoms with Gasteiger partial charge in [-0.25, -0.2) is 9.97 Å². The fourth-order valence-electron chi connectivity index (χ4n) is 1.23. The monoisotopic (exact) mass is 273 g/mol. The van der Waals surface area contributed by atoms with Gasteiger partial charge in [0, 0.05) is 32.1 Å². The van der Waals surface area contributed by atoms with Crippen LogP contribution in [0.3, 0.4) is 0 Å². The fraction of sp³-hybridized carbons (Fsp3) is 0.600. The molecule has 0 saturated heterocycles.